The van der Waals surface area contributed by atoms with Gasteiger partial charge in [-0.25, -0.2) is 4.39 Å². The first kappa shape index (κ1) is 21.1. The van der Waals surface area contributed by atoms with E-state index in [1.807, 2.05) is 53.4 Å². The third-order valence-electron chi connectivity index (χ3n) is 5.99. The van der Waals surface area contributed by atoms with Crippen LogP contribution in [0.4, 0.5) is 4.39 Å². The van der Waals surface area contributed by atoms with Gasteiger partial charge >= 0.3 is 5.97 Å². The summed E-state index contributed by atoms with van der Waals surface area (Å²) in [6.45, 7) is 0.649. The van der Waals surface area contributed by atoms with Gasteiger partial charge in [-0.1, -0.05) is 67.1 Å². The molecule has 0 aliphatic carbocycles. The number of nitrogens with zero attached hydrogens (tertiary/aromatic N) is 1. The molecule has 0 bridgehead atoms. The standard InChI is InChI=1S/C26H26FNO3/c1-31-24-15-14-21(17-22(24)27)25(28-16-6-5-9-23(28)26(29)30)20-12-10-19(11-13-20)18-7-3-2-4-8-18/h2-4,7-8,10-15,17,23,25H,5-6,9,16H2,1H3,(H,29,30). The van der Waals surface area contributed by atoms with Gasteiger partial charge in [0.15, 0.2) is 11.6 Å². The molecular weight excluding hydrogens is 393 g/mol. The van der Waals surface area contributed by atoms with E-state index in [-0.39, 0.29) is 11.8 Å². The van der Waals surface area contributed by atoms with Crippen molar-refractivity contribution in [1.29, 1.82) is 0 Å². The Balaban J connectivity index is 1.76. The minimum absolute atomic E-state index is 0.176. The molecule has 1 aliphatic heterocycles. The first-order chi connectivity index (χ1) is 15.1. The van der Waals surface area contributed by atoms with Crippen molar-refractivity contribution in [3.05, 3.63) is 89.7 Å². The molecule has 1 aliphatic rings. The first-order valence-corrected chi connectivity index (χ1v) is 10.6. The van der Waals surface area contributed by atoms with Gasteiger partial charge in [0.1, 0.15) is 6.04 Å². The summed E-state index contributed by atoms with van der Waals surface area (Å²) in [5.74, 6) is -1.11. The predicted octanol–water partition coefficient (Wildman–Crippen LogP) is 5.53. The second-order valence-corrected chi connectivity index (χ2v) is 7.87. The summed E-state index contributed by atoms with van der Waals surface area (Å²) >= 11 is 0. The molecule has 3 aromatic carbocycles. The summed E-state index contributed by atoms with van der Waals surface area (Å²) in [7, 11) is 1.43. The number of aliphatic carboxylic acids is 1. The molecule has 0 spiro atoms. The molecule has 1 saturated heterocycles. The van der Waals surface area contributed by atoms with Crippen LogP contribution in [0.5, 0.6) is 5.75 Å². The van der Waals surface area contributed by atoms with Gasteiger partial charge in [-0.15, -0.1) is 0 Å². The van der Waals surface area contributed by atoms with E-state index in [9.17, 15) is 14.3 Å². The summed E-state index contributed by atoms with van der Waals surface area (Å²) in [4.78, 5) is 14.0. The number of ether oxygens (including phenoxy) is 1. The number of methoxy groups -OCH3 is 1. The van der Waals surface area contributed by atoms with Gasteiger partial charge in [-0.2, -0.15) is 0 Å². The van der Waals surface area contributed by atoms with E-state index < -0.39 is 17.8 Å². The zero-order valence-electron chi connectivity index (χ0n) is 17.5. The minimum Gasteiger partial charge on any atom is -0.494 e. The zero-order valence-corrected chi connectivity index (χ0v) is 17.5. The number of rotatable bonds is 6. The van der Waals surface area contributed by atoms with Gasteiger partial charge in [0.2, 0.25) is 0 Å². The van der Waals surface area contributed by atoms with Gasteiger partial charge < -0.3 is 9.84 Å². The smallest absolute Gasteiger partial charge is 0.320 e. The molecule has 0 radical (unpaired) electrons. The van der Waals surface area contributed by atoms with Crippen LogP contribution >= 0.6 is 0 Å². The van der Waals surface area contributed by atoms with Gasteiger partial charge in [-0.05, 0) is 53.8 Å². The molecule has 0 amide bonds. The van der Waals surface area contributed by atoms with Crippen LogP contribution in [0.1, 0.15) is 36.4 Å². The topological polar surface area (TPSA) is 49.8 Å². The quantitative estimate of drug-likeness (QED) is 0.571. The second-order valence-electron chi connectivity index (χ2n) is 7.87. The van der Waals surface area contributed by atoms with E-state index in [1.54, 1.807) is 6.07 Å². The SMILES string of the molecule is COc1ccc(C(c2ccc(-c3ccccc3)cc2)N2CCCCC2C(=O)O)cc1F. The summed E-state index contributed by atoms with van der Waals surface area (Å²) < 4.78 is 19.6. The highest BCUT2D eigenvalue weighted by Crippen LogP contribution is 2.36. The number of likely N-dealkylation sites (tertiary alicyclic amines) is 1. The van der Waals surface area contributed by atoms with Gasteiger partial charge in [0.25, 0.3) is 0 Å². The van der Waals surface area contributed by atoms with E-state index in [0.717, 1.165) is 35.1 Å². The fourth-order valence-corrected chi connectivity index (χ4v) is 4.44. The second kappa shape index (κ2) is 9.31. The number of piperidine rings is 1. The summed E-state index contributed by atoms with van der Waals surface area (Å²) in [5.41, 5.74) is 3.86. The largest absolute Gasteiger partial charge is 0.494 e. The third-order valence-corrected chi connectivity index (χ3v) is 5.99. The molecule has 5 heteroatoms. The van der Waals surface area contributed by atoms with Crippen molar-refractivity contribution in [3.8, 4) is 16.9 Å². The predicted molar refractivity (Wildman–Crippen MR) is 119 cm³/mol. The lowest BCUT2D eigenvalue weighted by atomic mass is 9.90. The molecular formula is C26H26FNO3. The molecule has 0 aromatic heterocycles. The molecule has 2 unspecified atom stereocenters. The Morgan fingerprint density at radius 2 is 1.68 bits per heavy atom. The van der Waals surface area contributed by atoms with Crippen LogP contribution in [0.25, 0.3) is 11.1 Å². The van der Waals surface area contributed by atoms with E-state index >= 15 is 0 Å². The van der Waals surface area contributed by atoms with E-state index in [1.165, 1.54) is 13.2 Å². The van der Waals surface area contributed by atoms with Gasteiger partial charge in [0.05, 0.1) is 13.2 Å². The Hall–Kier alpha value is -3.18. The Kier molecular flexibility index (Phi) is 6.33. The number of carbonyl (C=O) groups is 1. The highest BCUT2D eigenvalue weighted by molar-refractivity contribution is 5.74. The maximum Gasteiger partial charge on any atom is 0.320 e. The average molecular weight is 419 g/mol. The molecule has 1 N–H and O–H groups in total. The van der Waals surface area contributed by atoms with Crippen LogP contribution in [0.2, 0.25) is 0 Å². The monoisotopic (exact) mass is 419 g/mol. The molecule has 3 aromatic rings. The number of carboxylic acids is 1. The van der Waals surface area contributed by atoms with Crippen LogP contribution in [-0.2, 0) is 4.79 Å². The lowest BCUT2D eigenvalue weighted by Crippen LogP contribution is -2.46. The lowest BCUT2D eigenvalue weighted by Gasteiger charge is -2.39. The zero-order chi connectivity index (χ0) is 21.8. The Morgan fingerprint density at radius 1 is 1.00 bits per heavy atom. The molecule has 0 saturated carbocycles. The Morgan fingerprint density at radius 3 is 2.32 bits per heavy atom. The van der Waals surface area contributed by atoms with Crippen molar-refractivity contribution in [1.82, 2.24) is 4.90 Å². The fraction of sp³-hybridized carbons (Fsp3) is 0.269. The number of benzene rings is 3. The molecule has 4 nitrogen and oxygen atoms in total. The highest BCUT2D eigenvalue weighted by Gasteiger charge is 2.35. The highest BCUT2D eigenvalue weighted by atomic mass is 19.1. The Labute approximate surface area is 181 Å². The fourth-order valence-electron chi connectivity index (χ4n) is 4.44. The van der Waals surface area contributed by atoms with Crippen LogP contribution in [-0.4, -0.2) is 35.7 Å². The van der Waals surface area contributed by atoms with Crippen molar-refractivity contribution in [2.24, 2.45) is 0 Å². The van der Waals surface area contributed by atoms with Crippen molar-refractivity contribution in [2.75, 3.05) is 13.7 Å². The third kappa shape index (κ3) is 4.47. The van der Waals surface area contributed by atoms with Gasteiger partial charge in [0, 0.05) is 0 Å². The minimum atomic E-state index is -0.834. The molecule has 1 heterocycles. The van der Waals surface area contributed by atoms with Crippen LogP contribution < -0.4 is 4.74 Å². The first-order valence-electron chi connectivity index (χ1n) is 10.6. The van der Waals surface area contributed by atoms with Crippen LogP contribution in [0, 0.1) is 5.82 Å². The van der Waals surface area contributed by atoms with Gasteiger partial charge in [-0.3, -0.25) is 9.69 Å². The molecule has 1 fully saturated rings. The normalized spacial score (nSPS) is 17.8. The molecule has 31 heavy (non-hydrogen) atoms. The average Bonchev–Trinajstić information content (AvgIpc) is 2.81. The number of hydrogen-bond acceptors (Lipinski definition) is 3. The van der Waals surface area contributed by atoms with E-state index in [2.05, 4.69) is 12.1 Å². The van der Waals surface area contributed by atoms with E-state index in [4.69, 9.17) is 4.74 Å². The van der Waals surface area contributed by atoms with Crippen LogP contribution in [0.15, 0.2) is 72.8 Å². The Bertz CT molecular complexity index is 1040. The van der Waals surface area contributed by atoms with Crippen molar-refractivity contribution in [2.45, 2.75) is 31.3 Å². The van der Waals surface area contributed by atoms with E-state index in [0.29, 0.717) is 13.0 Å². The lowest BCUT2D eigenvalue weighted by molar-refractivity contribution is -0.145. The van der Waals surface area contributed by atoms with Crippen molar-refractivity contribution < 1.29 is 19.0 Å². The molecule has 2 atom stereocenters. The number of carboxylic acid groups (broad SMARTS) is 1. The molecule has 4 rings (SSSR count). The number of hydrogen-bond donors (Lipinski definition) is 1. The van der Waals surface area contributed by atoms with Crippen molar-refractivity contribution in [3.63, 3.8) is 0 Å². The summed E-state index contributed by atoms with van der Waals surface area (Å²) in [6.07, 6.45) is 2.39. The summed E-state index contributed by atoms with van der Waals surface area (Å²) in [6, 6.07) is 22.1. The number of halogens is 1. The summed E-state index contributed by atoms with van der Waals surface area (Å²) in [5, 5.41) is 9.85. The maximum atomic E-state index is 14.6. The maximum absolute atomic E-state index is 14.6. The van der Waals surface area contributed by atoms with Crippen LogP contribution in [0.3, 0.4) is 0 Å². The van der Waals surface area contributed by atoms with Crippen molar-refractivity contribution >= 4 is 5.97 Å². The molecule has 160 valence electrons.